The molecule has 4 rings (SSSR count). The van der Waals surface area contributed by atoms with Gasteiger partial charge in [0.05, 0.1) is 17.9 Å². The molecule has 1 saturated heterocycles. The molecule has 0 aliphatic carbocycles. The first-order valence-electron chi connectivity index (χ1n) is 14.0. The summed E-state index contributed by atoms with van der Waals surface area (Å²) >= 11 is 0. The van der Waals surface area contributed by atoms with E-state index in [0.29, 0.717) is 11.3 Å². The number of carbonyl (C=O) groups is 3. The second kappa shape index (κ2) is 13.1. The van der Waals surface area contributed by atoms with Crippen molar-refractivity contribution in [2.75, 3.05) is 36.9 Å². The Hall–Kier alpha value is -3.78. The van der Waals surface area contributed by atoms with Crippen LogP contribution in [0.25, 0.3) is 0 Å². The van der Waals surface area contributed by atoms with E-state index in [1.54, 1.807) is 24.6 Å². The fraction of sp³-hybridized carbons (Fsp3) is 0.433. The van der Waals surface area contributed by atoms with E-state index in [9.17, 15) is 36.0 Å². The minimum absolute atomic E-state index is 0.0724. The number of esters is 1. The Balaban J connectivity index is 1.35. The second-order valence-electron chi connectivity index (χ2n) is 10.8. The monoisotopic (exact) mass is 635 g/mol. The van der Waals surface area contributed by atoms with Crippen LogP contribution in [0.5, 0.6) is 0 Å². The van der Waals surface area contributed by atoms with Gasteiger partial charge in [-0.2, -0.15) is 13.2 Å². The summed E-state index contributed by atoms with van der Waals surface area (Å²) in [6, 6.07) is 9.67. The van der Waals surface area contributed by atoms with Crippen LogP contribution in [0.3, 0.4) is 0 Å². The maximum Gasteiger partial charge on any atom is 0.416 e. The number of aryl methyl sites for hydroxylation is 2. The number of halogens is 3. The van der Waals surface area contributed by atoms with Gasteiger partial charge in [-0.05, 0) is 61.6 Å². The van der Waals surface area contributed by atoms with Gasteiger partial charge < -0.3 is 15.0 Å². The van der Waals surface area contributed by atoms with Crippen molar-refractivity contribution in [2.45, 2.75) is 51.7 Å². The van der Waals surface area contributed by atoms with Gasteiger partial charge in [-0.1, -0.05) is 18.2 Å². The molecule has 0 aromatic heterocycles. The van der Waals surface area contributed by atoms with Crippen LogP contribution in [0.2, 0.25) is 0 Å². The van der Waals surface area contributed by atoms with E-state index in [0.717, 1.165) is 23.3 Å². The highest BCUT2D eigenvalue weighted by molar-refractivity contribution is 7.89. The van der Waals surface area contributed by atoms with Crippen LogP contribution in [0, 0.1) is 13.3 Å². The lowest BCUT2D eigenvalue weighted by atomic mass is 9.89. The van der Waals surface area contributed by atoms with E-state index < -0.39 is 39.2 Å². The minimum atomic E-state index is -4.48. The summed E-state index contributed by atoms with van der Waals surface area (Å²) in [5, 5.41) is 2.65. The smallest absolute Gasteiger partial charge is 0.416 e. The van der Waals surface area contributed by atoms with E-state index >= 15 is 0 Å². The topological polar surface area (TPSA) is 125 Å². The lowest BCUT2D eigenvalue weighted by molar-refractivity contribution is -0.140. The summed E-state index contributed by atoms with van der Waals surface area (Å²) in [5.74, 6) is -1.00. The number of amides is 2. The first-order valence-corrected chi connectivity index (χ1v) is 15.6. The highest BCUT2D eigenvalue weighted by atomic mass is 32.2. The highest BCUT2D eigenvalue weighted by Gasteiger charge is 2.47. The summed E-state index contributed by atoms with van der Waals surface area (Å²) in [7, 11) is -3.67. The average Bonchev–Trinajstić information content (AvgIpc) is 3.26. The Morgan fingerprint density at radius 2 is 1.77 bits per heavy atom. The van der Waals surface area contributed by atoms with Gasteiger partial charge in [-0.3, -0.25) is 19.4 Å². The fourth-order valence-electron chi connectivity index (χ4n) is 5.21. The number of benzene rings is 2. The van der Waals surface area contributed by atoms with Crippen molar-refractivity contribution >= 4 is 39.3 Å². The number of ether oxygens (including phenoxy) is 1. The summed E-state index contributed by atoms with van der Waals surface area (Å²) in [6.07, 6.45) is -2.29. The lowest BCUT2D eigenvalue weighted by Crippen LogP contribution is -2.50. The maximum absolute atomic E-state index is 13.2. The number of hydrogen-bond donors (Lipinski definition) is 1. The quantitative estimate of drug-likeness (QED) is 0.315. The Labute approximate surface area is 254 Å². The number of aliphatic imine (C=N–C) groups is 1. The van der Waals surface area contributed by atoms with Crippen molar-refractivity contribution in [3.05, 3.63) is 71.1 Å². The first-order chi connectivity index (χ1) is 20.6. The molecule has 10 nitrogen and oxygen atoms in total. The Kier molecular flexibility index (Phi) is 9.83. The van der Waals surface area contributed by atoms with Crippen LogP contribution in [0.1, 0.15) is 48.9 Å². The Morgan fingerprint density at radius 3 is 2.34 bits per heavy atom. The molecule has 1 fully saturated rings. The molecule has 1 N–H and O–H groups in total. The zero-order valence-electron chi connectivity index (χ0n) is 24.6. The van der Waals surface area contributed by atoms with Crippen LogP contribution < -0.4 is 10.2 Å². The third-order valence-corrected chi connectivity index (χ3v) is 9.64. The molecule has 2 aromatic carbocycles. The third-order valence-electron chi connectivity index (χ3n) is 7.77. The molecule has 2 amide bonds. The van der Waals surface area contributed by atoms with Gasteiger partial charge in [-0.15, -0.1) is 0 Å². The molecular formula is C30H34F3N4O6S. The largest absolute Gasteiger partial charge is 0.465 e. The zero-order chi connectivity index (χ0) is 32.3. The van der Waals surface area contributed by atoms with Crippen LogP contribution in [0.15, 0.2) is 47.5 Å². The number of amidine groups is 1. The second-order valence-corrected chi connectivity index (χ2v) is 12.9. The van der Waals surface area contributed by atoms with Gasteiger partial charge >= 0.3 is 12.1 Å². The number of carbonyl (C=O) groups excluding carboxylic acids is 3. The van der Waals surface area contributed by atoms with Gasteiger partial charge in [0.15, 0.2) is 0 Å². The number of nitrogens with one attached hydrogen (secondary N) is 1. The van der Waals surface area contributed by atoms with Crippen molar-refractivity contribution in [1.82, 2.24) is 9.62 Å². The zero-order valence-corrected chi connectivity index (χ0v) is 25.4. The van der Waals surface area contributed by atoms with E-state index in [2.05, 4.69) is 10.3 Å². The van der Waals surface area contributed by atoms with Gasteiger partial charge in [0.2, 0.25) is 15.9 Å². The Bertz CT molecular complexity index is 1550. The molecule has 2 aliphatic rings. The number of anilines is 1. The Morgan fingerprint density at radius 1 is 1.11 bits per heavy atom. The fourth-order valence-corrected chi connectivity index (χ4v) is 6.69. The van der Waals surface area contributed by atoms with Gasteiger partial charge in [0.1, 0.15) is 11.4 Å². The molecule has 0 unspecified atom stereocenters. The number of hydrogen-bond acceptors (Lipinski definition) is 7. The van der Waals surface area contributed by atoms with Gasteiger partial charge in [0.25, 0.3) is 5.91 Å². The minimum Gasteiger partial charge on any atom is -0.465 e. The summed E-state index contributed by atoms with van der Waals surface area (Å²) in [6.45, 7) is 5.02. The molecular weight excluding hydrogens is 601 g/mol. The van der Waals surface area contributed by atoms with E-state index in [1.807, 2.05) is 6.92 Å². The predicted octanol–water partition coefficient (Wildman–Crippen LogP) is 3.42. The number of piperidine rings is 1. The summed E-state index contributed by atoms with van der Waals surface area (Å²) in [5.41, 5.74) is 0.609. The van der Waals surface area contributed by atoms with Crippen molar-refractivity contribution in [3.63, 3.8) is 0 Å². The number of rotatable bonds is 10. The van der Waals surface area contributed by atoms with Gasteiger partial charge in [-0.25, -0.2) is 12.7 Å². The predicted molar refractivity (Wildman–Crippen MR) is 157 cm³/mol. The van der Waals surface area contributed by atoms with Crippen LogP contribution in [0.4, 0.5) is 18.9 Å². The molecule has 2 aliphatic heterocycles. The molecule has 0 atom stereocenters. The van der Waals surface area contributed by atoms with Crippen molar-refractivity contribution in [1.29, 1.82) is 0 Å². The summed E-state index contributed by atoms with van der Waals surface area (Å²) < 4.78 is 71.4. The maximum atomic E-state index is 13.2. The van der Waals surface area contributed by atoms with E-state index in [4.69, 9.17) is 4.74 Å². The normalized spacial score (nSPS) is 16.9. The van der Waals surface area contributed by atoms with Crippen LogP contribution >= 0.6 is 0 Å². The van der Waals surface area contributed by atoms with Crippen molar-refractivity contribution in [2.24, 2.45) is 4.99 Å². The first kappa shape index (κ1) is 33.1. The molecule has 0 saturated carbocycles. The van der Waals surface area contributed by atoms with Gasteiger partial charge in [0, 0.05) is 51.2 Å². The SMILES string of the molecule is CC(=O)OC[CH]CN(C(C)=O)c1ccc(CCS(=O)(=O)N2CCC3(CC2)N=C(c2ccc(C(F)(F)F)cc2)NC3=O)c(C)c1. The van der Waals surface area contributed by atoms with E-state index in [1.165, 1.54) is 35.2 Å². The number of nitrogens with zero attached hydrogens (tertiary/aromatic N) is 3. The lowest BCUT2D eigenvalue weighted by Gasteiger charge is -2.34. The number of alkyl halides is 3. The number of sulfonamides is 1. The molecule has 2 heterocycles. The molecule has 0 bridgehead atoms. The summed E-state index contributed by atoms with van der Waals surface area (Å²) in [4.78, 5) is 42.0. The third kappa shape index (κ3) is 7.65. The molecule has 44 heavy (non-hydrogen) atoms. The van der Waals surface area contributed by atoms with E-state index in [-0.39, 0.29) is 63.0 Å². The highest BCUT2D eigenvalue weighted by Crippen LogP contribution is 2.33. The molecule has 237 valence electrons. The molecule has 2 aromatic rings. The molecule has 14 heteroatoms. The van der Waals surface area contributed by atoms with Crippen molar-refractivity contribution in [3.8, 4) is 0 Å². The average molecular weight is 636 g/mol. The molecule has 1 radical (unpaired) electrons. The standard InChI is InChI=1S/C30H34F3N4O6S/c1-20-19-26(37(21(2)38)14-4-17-43-22(3)39)10-7-23(20)11-18-44(41,42)36-15-12-29(13-16-36)28(40)34-27(35-29)24-5-8-25(9-6-24)30(31,32)33/h4-10,19H,11-18H2,1-3H3,(H,34,35,40). The van der Waals surface area contributed by atoms with Crippen LogP contribution in [-0.4, -0.2) is 73.9 Å². The molecule has 1 spiro atoms. The van der Waals surface area contributed by atoms with Crippen LogP contribution in [-0.2, 0) is 41.7 Å². The van der Waals surface area contributed by atoms with Crippen molar-refractivity contribution < 1.29 is 40.7 Å².